The number of aliphatic carboxylic acids is 2. The van der Waals surface area contributed by atoms with E-state index in [1.807, 2.05) is 0 Å². The average molecular weight is 898 g/mol. The molecule has 6 N–H and O–H groups in total. The minimum Gasteiger partial charge on any atom is -0.693 e. The van der Waals surface area contributed by atoms with Gasteiger partial charge in [0.2, 0.25) is 0 Å². The summed E-state index contributed by atoms with van der Waals surface area (Å²) in [7, 11) is 0.0594. The molecule has 0 saturated carbocycles. The average Bonchev–Trinajstić information content (AvgIpc) is 2.59. The Kier molecular flexibility index (Phi) is 23.5. The molecule has 8 aliphatic heterocycles. The molecule has 8 fully saturated rings. The van der Waals surface area contributed by atoms with Crippen molar-refractivity contribution >= 4 is 27.8 Å². The van der Waals surface area contributed by atoms with Crippen LogP contribution in [0.3, 0.4) is 0 Å². The van der Waals surface area contributed by atoms with Crippen molar-refractivity contribution < 1.29 is 109 Å². The molecule has 8 heterocycles. The minimum atomic E-state index is -1.08. The largest absolute Gasteiger partial charge is 1.00 e. The number of hydrogen-bond donors (Lipinski definition) is 2. The van der Waals surface area contributed by atoms with E-state index in [9.17, 15) is 9.59 Å². The van der Waals surface area contributed by atoms with Crippen LogP contribution in [0.5, 0.6) is 0 Å². The van der Waals surface area contributed by atoms with Crippen molar-refractivity contribution in [1.82, 2.24) is 29.4 Å². The maximum atomic E-state index is 9.64. The normalized spacial score (nSPS) is 35.9. The first-order chi connectivity index (χ1) is 13.4. The van der Waals surface area contributed by atoms with Gasteiger partial charge >= 0.3 is 101 Å². The van der Waals surface area contributed by atoms with Gasteiger partial charge in [0.15, 0.2) is 0 Å². The second-order valence-electron chi connectivity index (χ2n) is 8.61. The summed E-state index contributed by atoms with van der Waals surface area (Å²) in [6.07, 6.45) is 8.14. The van der Waals surface area contributed by atoms with Crippen LogP contribution in [0.2, 0.25) is 0 Å². The van der Waals surface area contributed by atoms with Crippen molar-refractivity contribution in [3.8, 4) is 0 Å². The van der Waals surface area contributed by atoms with Gasteiger partial charge in [-0.2, -0.15) is 0 Å². The maximum absolute atomic E-state index is 9.64. The Morgan fingerprint density at radius 1 is 0.500 bits per heavy atom. The summed E-state index contributed by atoms with van der Waals surface area (Å²) in [6.45, 7) is 7.53. The first-order valence-electron chi connectivity index (χ1n) is 9.88. The molecule has 8 rings (SSSR count). The van der Waals surface area contributed by atoms with E-state index < -0.39 is 11.9 Å². The van der Waals surface area contributed by atoms with Crippen molar-refractivity contribution in [2.45, 2.75) is 12.8 Å². The second-order valence-corrected chi connectivity index (χ2v) is 13.5. The van der Waals surface area contributed by atoms with Crippen LogP contribution >= 0.6 is 15.8 Å². The molecule has 0 unspecified atom stereocenters. The number of nitrogens with two attached hydrogens (primary N) is 2. The molecule has 18 heteroatoms. The Balaban J connectivity index is -0.000000393. The van der Waals surface area contributed by atoms with Crippen LogP contribution < -0.4 is 0 Å². The standard InChI is InChI=1S/2C6H12N3P.C4H6O4.4Ag.2H2N/c2*1-7-2-9-3-8(1)5-10(4-7)6-9;5-3(6)1-2-4(7)8;;;;;;/h2*1-6H2;1-2H2,(H,5,6)(H,7,8);;;;;2*1H2/q;;;4*+1;2*-1/p+2. The van der Waals surface area contributed by atoms with E-state index in [1.165, 1.54) is 77.7 Å². The van der Waals surface area contributed by atoms with Gasteiger partial charge in [-0.3, -0.25) is 9.59 Å². The molecule has 12 nitrogen and oxygen atoms in total. The Morgan fingerprint density at radius 3 is 0.794 bits per heavy atom. The topological polar surface area (TPSA) is 161 Å². The van der Waals surface area contributed by atoms with Crippen molar-refractivity contribution in [1.29, 1.82) is 0 Å². The van der Waals surface area contributed by atoms with Crippen molar-refractivity contribution in [3.05, 3.63) is 12.3 Å². The smallest absolute Gasteiger partial charge is 0.693 e. The first-order valence-corrected chi connectivity index (χ1v) is 14.1. The van der Waals surface area contributed by atoms with Gasteiger partial charge in [-0.25, -0.2) is 29.4 Å². The zero-order chi connectivity index (χ0) is 19.7. The van der Waals surface area contributed by atoms with Crippen LogP contribution in [-0.2, 0) is 99.1 Å². The number of carboxylic acids is 2. The second kappa shape index (κ2) is 19.5. The molecule has 8 bridgehead atoms. The molecule has 0 aliphatic carbocycles. The molecule has 0 aromatic rings. The summed E-state index contributed by atoms with van der Waals surface area (Å²) in [5.74, 6) is -2.15. The number of hydrogen-bond acceptors (Lipinski definition) is 8. The Labute approximate surface area is 266 Å². The Hall–Kier alpha value is 2.44. The van der Waals surface area contributed by atoms with Crippen molar-refractivity contribution in [2.75, 3.05) is 77.7 Å². The van der Waals surface area contributed by atoms with Gasteiger partial charge in [0, 0.05) is 15.8 Å². The summed E-state index contributed by atoms with van der Waals surface area (Å²) >= 11 is 0. The minimum absolute atomic E-state index is 0. The van der Waals surface area contributed by atoms with Crippen LogP contribution in [0.25, 0.3) is 12.3 Å². The quantitative estimate of drug-likeness (QED) is 0.311. The summed E-state index contributed by atoms with van der Waals surface area (Å²) in [6, 6.07) is 0. The molecule has 8 saturated heterocycles. The molecule has 0 atom stereocenters. The number of nitrogens with zero attached hydrogens (tertiary/aromatic N) is 6. The number of carbonyl (C=O) groups is 2. The third kappa shape index (κ3) is 12.5. The summed E-state index contributed by atoms with van der Waals surface area (Å²) < 4.78 is 0. The van der Waals surface area contributed by atoms with E-state index in [0.29, 0.717) is 0 Å². The van der Waals surface area contributed by atoms with E-state index in [2.05, 4.69) is 29.4 Å². The van der Waals surface area contributed by atoms with Gasteiger partial charge in [-0.1, -0.05) is 0 Å². The first kappa shape index (κ1) is 40.9. The zero-order valence-corrected chi connectivity index (χ0v) is 26.6. The summed E-state index contributed by atoms with van der Waals surface area (Å²) in [5, 5.41) is 15.8. The molecule has 8 aliphatic rings. The molecule has 34 heavy (non-hydrogen) atoms. The van der Waals surface area contributed by atoms with Crippen molar-refractivity contribution in [3.63, 3.8) is 0 Å². The number of carboxylic acid groups (broad SMARTS) is 2. The fourth-order valence-corrected chi connectivity index (χ4v) is 10.6. The molecule has 0 radical (unpaired) electrons. The molecule has 0 aromatic carbocycles. The van der Waals surface area contributed by atoms with E-state index in [-0.39, 0.29) is 131 Å². The molecule has 0 spiro atoms. The van der Waals surface area contributed by atoms with Crippen LogP contribution in [0.1, 0.15) is 12.8 Å². The predicted molar refractivity (Wildman–Crippen MR) is 121 cm³/mol. The third-order valence-electron chi connectivity index (χ3n) is 5.64. The van der Waals surface area contributed by atoms with Gasteiger partial charge < -0.3 is 22.5 Å². The third-order valence-corrected chi connectivity index (χ3v) is 11.0. The summed E-state index contributed by atoms with van der Waals surface area (Å²) in [5.41, 5.74) is 0. The van der Waals surface area contributed by atoms with E-state index in [1.54, 1.807) is 0 Å². The van der Waals surface area contributed by atoms with Crippen LogP contribution in [0.4, 0.5) is 0 Å². The molecule has 0 aromatic heterocycles. The molecule has 214 valence electrons. The zero-order valence-electron chi connectivity index (χ0n) is 18.7. The fraction of sp³-hybridized carbons (Fsp3) is 0.875. The van der Waals surface area contributed by atoms with Gasteiger partial charge in [0.05, 0.1) is 52.9 Å². The molecular formula is C16H36Ag4N8O4P2+4. The van der Waals surface area contributed by atoms with E-state index in [0.717, 1.165) is 0 Å². The maximum Gasteiger partial charge on any atom is 1.00 e. The van der Waals surface area contributed by atoms with Gasteiger partial charge in [-0.05, 0) is 0 Å². The monoisotopic (exact) mass is 894 g/mol. The Morgan fingerprint density at radius 2 is 0.676 bits per heavy atom. The van der Waals surface area contributed by atoms with E-state index >= 15 is 0 Å². The van der Waals surface area contributed by atoms with Crippen molar-refractivity contribution in [2.24, 2.45) is 0 Å². The SMILES string of the molecule is C1N2CN3CN1C[PH+](C2)C3.C1N2CN3CN1C[PH+](C2)C3.O=C(O)CCC(=O)O.[Ag+].[Ag+].[Ag+].[Ag+].[NH2-].[NH2-]. The molecular weight excluding hydrogens is 862 g/mol. The molecule has 0 amide bonds. The van der Waals surface area contributed by atoms with Crippen LogP contribution in [0.15, 0.2) is 0 Å². The van der Waals surface area contributed by atoms with Crippen LogP contribution in [0, 0.1) is 0 Å². The predicted octanol–water partition coefficient (Wildman–Crippen LogP) is 1.14. The van der Waals surface area contributed by atoms with Crippen LogP contribution in [-0.4, -0.2) is 129 Å². The van der Waals surface area contributed by atoms with Gasteiger partial charge in [-0.15, -0.1) is 0 Å². The van der Waals surface area contributed by atoms with Gasteiger partial charge in [0.1, 0.15) is 37.7 Å². The number of rotatable bonds is 3. The Bertz CT molecular complexity index is 456. The van der Waals surface area contributed by atoms with E-state index in [4.69, 9.17) is 10.2 Å². The summed E-state index contributed by atoms with van der Waals surface area (Å²) in [4.78, 5) is 34.8. The fourth-order valence-electron chi connectivity index (χ4n) is 4.98. The van der Waals surface area contributed by atoms with Gasteiger partial charge in [0.25, 0.3) is 0 Å².